The molecule has 0 bridgehead atoms. The van der Waals surface area contributed by atoms with Crippen LogP contribution in [0, 0.1) is 0 Å². The molecule has 1 rings (SSSR count). The predicted octanol–water partition coefficient (Wildman–Crippen LogP) is 0.573. The van der Waals surface area contributed by atoms with Gasteiger partial charge in [0.2, 0.25) is 5.91 Å². The molecular weight excluding hydrogens is 254 g/mol. The van der Waals surface area contributed by atoms with Gasteiger partial charge in [0.05, 0.1) is 5.60 Å². The van der Waals surface area contributed by atoms with Gasteiger partial charge in [-0.25, -0.2) is 8.42 Å². The Kier molecular flexibility index (Phi) is 4.13. The number of likely N-dealkylation sites (N-methyl/N-ethyl adjacent to an activating group) is 1. The summed E-state index contributed by atoms with van der Waals surface area (Å²) in [6.45, 7) is 3.00. The molecule has 6 heteroatoms. The summed E-state index contributed by atoms with van der Waals surface area (Å²) in [6, 6.07) is 0. The highest BCUT2D eigenvalue weighted by atomic mass is 32.2. The number of hydrogen-bond acceptors (Lipinski definition) is 4. The van der Waals surface area contributed by atoms with Crippen LogP contribution < -0.4 is 0 Å². The molecule has 0 aromatic heterocycles. The first-order valence-electron chi connectivity index (χ1n) is 6.17. The van der Waals surface area contributed by atoms with Gasteiger partial charge >= 0.3 is 0 Å². The highest BCUT2D eigenvalue weighted by Gasteiger charge is 2.42. The van der Waals surface area contributed by atoms with Gasteiger partial charge in [0.1, 0.15) is 4.75 Å². The number of rotatable bonds is 4. The lowest BCUT2D eigenvalue weighted by Gasteiger charge is -2.33. The zero-order chi connectivity index (χ0) is 14.2. The van der Waals surface area contributed by atoms with Crippen LogP contribution >= 0.6 is 0 Å². The highest BCUT2D eigenvalue weighted by molar-refractivity contribution is 7.92. The summed E-state index contributed by atoms with van der Waals surface area (Å²) in [6.07, 6.45) is 4.30. The third-order valence-electron chi connectivity index (χ3n) is 3.85. The standard InChI is InChI=1S/C12H23NO4S/c1-11(2,18(4,16)17)10(14)13(3)9-12(15)7-5-6-8-12/h15H,5-9H2,1-4H3. The molecule has 1 N–H and O–H groups in total. The van der Waals surface area contributed by atoms with Crippen molar-refractivity contribution in [3.63, 3.8) is 0 Å². The molecule has 0 atom stereocenters. The van der Waals surface area contributed by atoms with Crippen LogP contribution in [0.2, 0.25) is 0 Å². The van der Waals surface area contributed by atoms with E-state index >= 15 is 0 Å². The minimum absolute atomic E-state index is 0.199. The van der Waals surface area contributed by atoms with Crippen molar-refractivity contribution >= 4 is 15.7 Å². The summed E-state index contributed by atoms with van der Waals surface area (Å²) in [5, 5.41) is 10.2. The van der Waals surface area contributed by atoms with Gasteiger partial charge in [-0.1, -0.05) is 12.8 Å². The van der Waals surface area contributed by atoms with E-state index in [-0.39, 0.29) is 6.54 Å². The van der Waals surface area contributed by atoms with E-state index in [4.69, 9.17) is 0 Å². The van der Waals surface area contributed by atoms with Gasteiger partial charge in [-0.15, -0.1) is 0 Å². The Bertz CT molecular complexity index is 421. The Labute approximate surface area is 109 Å². The topological polar surface area (TPSA) is 74.7 Å². The van der Waals surface area contributed by atoms with E-state index in [1.54, 1.807) is 7.05 Å². The molecule has 0 unspecified atom stereocenters. The second-order valence-corrected chi connectivity index (χ2v) is 8.44. The van der Waals surface area contributed by atoms with Crippen LogP contribution in [0.25, 0.3) is 0 Å². The smallest absolute Gasteiger partial charge is 0.243 e. The van der Waals surface area contributed by atoms with Crippen molar-refractivity contribution in [1.29, 1.82) is 0 Å². The Morgan fingerprint density at radius 1 is 1.33 bits per heavy atom. The van der Waals surface area contributed by atoms with E-state index in [2.05, 4.69) is 0 Å². The van der Waals surface area contributed by atoms with Crippen molar-refractivity contribution in [2.45, 2.75) is 49.9 Å². The average molecular weight is 277 g/mol. The molecule has 1 aliphatic carbocycles. The van der Waals surface area contributed by atoms with Crippen molar-refractivity contribution in [1.82, 2.24) is 4.90 Å². The van der Waals surface area contributed by atoms with Gasteiger partial charge in [-0.2, -0.15) is 0 Å². The minimum Gasteiger partial charge on any atom is -0.388 e. The normalized spacial score (nSPS) is 19.8. The lowest BCUT2D eigenvalue weighted by Crippen LogP contribution is -2.52. The summed E-state index contributed by atoms with van der Waals surface area (Å²) in [7, 11) is -1.93. The quantitative estimate of drug-likeness (QED) is 0.815. The SMILES string of the molecule is CN(CC1(O)CCCC1)C(=O)C(C)(C)S(C)(=O)=O. The molecule has 5 nitrogen and oxygen atoms in total. The maximum Gasteiger partial charge on any atom is 0.243 e. The number of amides is 1. The van der Waals surface area contributed by atoms with E-state index in [0.717, 1.165) is 19.1 Å². The van der Waals surface area contributed by atoms with Gasteiger partial charge < -0.3 is 10.0 Å². The monoisotopic (exact) mass is 277 g/mol. The molecule has 1 aliphatic rings. The van der Waals surface area contributed by atoms with E-state index in [1.165, 1.54) is 18.7 Å². The zero-order valence-electron chi connectivity index (χ0n) is 11.6. The number of hydrogen-bond donors (Lipinski definition) is 1. The van der Waals surface area contributed by atoms with Crippen molar-refractivity contribution < 1.29 is 18.3 Å². The second-order valence-electron chi connectivity index (χ2n) is 5.88. The number of nitrogens with zero attached hydrogens (tertiary/aromatic N) is 1. The van der Waals surface area contributed by atoms with E-state index in [0.29, 0.717) is 12.8 Å². The number of carbonyl (C=O) groups excluding carboxylic acids is 1. The van der Waals surface area contributed by atoms with Crippen molar-refractivity contribution in [3.05, 3.63) is 0 Å². The van der Waals surface area contributed by atoms with Crippen LogP contribution in [0.5, 0.6) is 0 Å². The Morgan fingerprint density at radius 2 is 1.78 bits per heavy atom. The van der Waals surface area contributed by atoms with Gasteiger partial charge in [0.15, 0.2) is 9.84 Å². The van der Waals surface area contributed by atoms with Gasteiger partial charge in [-0.3, -0.25) is 4.79 Å². The summed E-state index contributed by atoms with van der Waals surface area (Å²) in [5.74, 6) is -0.467. The average Bonchev–Trinajstić information content (AvgIpc) is 2.61. The molecule has 0 spiro atoms. The molecule has 0 aromatic carbocycles. The summed E-state index contributed by atoms with van der Waals surface area (Å²) in [4.78, 5) is 13.5. The van der Waals surface area contributed by atoms with Crippen LogP contribution in [0.15, 0.2) is 0 Å². The van der Waals surface area contributed by atoms with Crippen LogP contribution in [0.1, 0.15) is 39.5 Å². The minimum atomic E-state index is -3.47. The molecule has 0 heterocycles. The maximum absolute atomic E-state index is 12.2. The fraction of sp³-hybridized carbons (Fsp3) is 0.917. The molecule has 0 radical (unpaired) electrons. The van der Waals surface area contributed by atoms with Crippen molar-refractivity contribution in [3.8, 4) is 0 Å². The lowest BCUT2D eigenvalue weighted by molar-refractivity contribution is -0.135. The van der Waals surface area contributed by atoms with E-state index in [1.807, 2.05) is 0 Å². The lowest BCUT2D eigenvalue weighted by atomic mass is 10.0. The molecular formula is C12H23NO4S. The Balaban J connectivity index is 2.79. The highest BCUT2D eigenvalue weighted by Crippen LogP contribution is 2.30. The molecule has 0 aromatic rings. The molecule has 1 saturated carbocycles. The summed E-state index contributed by atoms with van der Waals surface area (Å²) in [5.41, 5.74) is -0.849. The Morgan fingerprint density at radius 3 is 2.17 bits per heavy atom. The maximum atomic E-state index is 12.2. The first-order chi connectivity index (χ1) is 8.00. The summed E-state index contributed by atoms with van der Waals surface area (Å²) < 4.78 is 21.8. The largest absolute Gasteiger partial charge is 0.388 e. The van der Waals surface area contributed by atoms with Gasteiger partial charge in [0, 0.05) is 19.8 Å². The van der Waals surface area contributed by atoms with E-state index < -0.39 is 26.1 Å². The first kappa shape index (κ1) is 15.4. The second kappa shape index (κ2) is 4.81. The third-order valence-corrected chi connectivity index (χ3v) is 5.88. The number of carbonyl (C=O) groups is 1. The first-order valence-corrected chi connectivity index (χ1v) is 8.06. The van der Waals surface area contributed by atoms with Crippen LogP contribution in [-0.2, 0) is 14.6 Å². The molecule has 0 aliphatic heterocycles. The molecule has 0 saturated heterocycles. The fourth-order valence-electron chi connectivity index (χ4n) is 2.32. The molecule has 18 heavy (non-hydrogen) atoms. The zero-order valence-corrected chi connectivity index (χ0v) is 12.4. The number of sulfone groups is 1. The fourth-order valence-corrected chi connectivity index (χ4v) is 2.80. The number of aliphatic hydroxyl groups is 1. The van der Waals surface area contributed by atoms with Crippen molar-refractivity contribution in [2.24, 2.45) is 0 Å². The molecule has 1 fully saturated rings. The van der Waals surface area contributed by atoms with E-state index in [9.17, 15) is 18.3 Å². The van der Waals surface area contributed by atoms with Crippen LogP contribution in [0.4, 0.5) is 0 Å². The predicted molar refractivity (Wildman–Crippen MR) is 70.0 cm³/mol. The van der Waals surface area contributed by atoms with Gasteiger partial charge in [0.25, 0.3) is 0 Å². The molecule has 106 valence electrons. The van der Waals surface area contributed by atoms with Crippen LogP contribution in [0.3, 0.4) is 0 Å². The van der Waals surface area contributed by atoms with Crippen molar-refractivity contribution in [2.75, 3.05) is 19.8 Å². The third kappa shape index (κ3) is 3.03. The van der Waals surface area contributed by atoms with Gasteiger partial charge in [-0.05, 0) is 26.7 Å². The summed E-state index contributed by atoms with van der Waals surface area (Å²) >= 11 is 0. The van der Waals surface area contributed by atoms with Crippen LogP contribution in [-0.4, -0.2) is 54.5 Å². The molecule has 1 amide bonds. The Hall–Kier alpha value is -0.620.